The summed E-state index contributed by atoms with van der Waals surface area (Å²) in [5.74, 6) is 0.622. The predicted octanol–water partition coefficient (Wildman–Crippen LogP) is 2.51. The summed E-state index contributed by atoms with van der Waals surface area (Å²) in [6.45, 7) is 0.497. The number of hydrogen-bond acceptors (Lipinski definition) is 6. The second kappa shape index (κ2) is 11.5. The number of carbonyl (C=O) groups is 2. The molecule has 0 spiro atoms. The minimum absolute atomic E-state index is 0.0175. The van der Waals surface area contributed by atoms with E-state index in [1.165, 1.54) is 11.1 Å². The van der Waals surface area contributed by atoms with Crippen molar-refractivity contribution in [1.82, 2.24) is 10.2 Å². The summed E-state index contributed by atoms with van der Waals surface area (Å²) >= 11 is 0. The Morgan fingerprint density at radius 3 is 2.62 bits per heavy atom. The van der Waals surface area contributed by atoms with E-state index in [9.17, 15) is 14.7 Å². The van der Waals surface area contributed by atoms with Crippen molar-refractivity contribution in [2.45, 2.75) is 62.5 Å². The zero-order valence-electron chi connectivity index (χ0n) is 21.1. The summed E-state index contributed by atoms with van der Waals surface area (Å²) < 4.78 is 17.2. The number of β-amino-alcohol motifs (C(OH)–C–C–N with tert-alkyl or cyclic N) is 1. The lowest BCUT2D eigenvalue weighted by Gasteiger charge is -2.44. The van der Waals surface area contributed by atoms with Crippen LogP contribution in [0.4, 0.5) is 10.5 Å². The third-order valence-corrected chi connectivity index (χ3v) is 7.39. The molecular weight excluding hydrogens is 474 g/mol. The van der Waals surface area contributed by atoms with Gasteiger partial charge in [0.25, 0.3) is 0 Å². The SMILES string of the molecule is COc1cccc(NC(=O)N2C[C@H](O)COC[C@@H]3O[C@H](CC(=O)NC4Cc5ccccc5C4)CC[C@H]32)c1. The molecule has 0 unspecified atom stereocenters. The molecule has 3 amide bonds. The maximum absolute atomic E-state index is 13.3. The van der Waals surface area contributed by atoms with E-state index in [2.05, 4.69) is 22.8 Å². The Hall–Kier alpha value is -3.14. The van der Waals surface area contributed by atoms with Crippen LogP contribution >= 0.6 is 0 Å². The van der Waals surface area contributed by atoms with Gasteiger partial charge in [0, 0.05) is 17.8 Å². The van der Waals surface area contributed by atoms with Crippen molar-refractivity contribution in [3.8, 4) is 5.75 Å². The quantitative estimate of drug-likeness (QED) is 0.572. The summed E-state index contributed by atoms with van der Waals surface area (Å²) in [6, 6.07) is 15.0. The molecule has 0 aromatic heterocycles. The van der Waals surface area contributed by atoms with E-state index in [-0.39, 0.29) is 62.4 Å². The van der Waals surface area contributed by atoms with E-state index in [0.29, 0.717) is 24.3 Å². The largest absolute Gasteiger partial charge is 0.497 e. The first-order valence-corrected chi connectivity index (χ1v) is 13.0. The van der Waals surface area contributed by atoms with E-state index in [4.69, 9.17) is 14.2 Å². The average molecular weight is 510 g/mol. The zero-order valence-corrected chi connectivity index (χ0v) is 21.1. The molecule has 0 bridgehead atoms. The van der Waals surface area contributed by atoms with Crippen LogP contribution in [0.25, 0.3) is 0 Å². The smallest absolute Gasteiger partial charge is 0.322 e. The first-order chi connectivity index (χ1) is 18.0. The number of carbonyl (C=O) groups excluding carboxylic acids is 2. The topological polar surface area (TPSA) is 109 Å². The average Bonchev–Trinajstić information content (AvgIpc) is 3.28. The van der Waals surface area contributed by atoms with Gasteiger partial charge in [-0.2, -0.15) is 0 Å². The predicted molar refractivity (Wildman–Crippen MR) is 138 cm³/mol. The van der Waals surface area contributed by atoms with Crippen LogP contribution in [0.3, 0.4) is 0 Å². The lowest BCUT2D eigenvalue weighted by Crippen LogP contribution is -2.58. The lowest BCUT2D eigenvalue weighted by atomic mass is 9.95. The number of anilines is 1. The summed E-state index contributed by atoms with van der Waals surface area (Å²) in [6.07, 6.45) is 1.84. The van der Waals surface area contributed by atoms with E-state index < -0.39 is 6.10 Å². The standard InChI is InChI=1S/C28H35N3O6/c1-35-23-8-4-7-20(13-23)30-28(34)31-15-22(32)16-36-17-26-25(31)10-9-24(37-26)14-27(33)29-21-11-18-5-2-3-6-19(18)12-21/h2-8,13,21-22,24-26,32H,9-12,14-17H2,1H3,(H,29,33)(H,30,34)/t22-,24-,25+,26-/m0/s1. The lowest BCUT2D eigenvalue weighted by molar-refractivity contribution is -0.150. The first kappa shape index (κ1) is 25.5. The summed E-state index contributed by atoms with van der Waals surface area (Å²) in [4.78, 5) is 27.8. The van der Waals surface area contributed by atoms with Gasteiger partial charge in [-0.1, -0.05) is 30.3 Å². The van der Waals surface area contributed by atoms with Crippen molar-refractivity contribution in [2.75, 3.05) is 32.2 Å². The first-order valence-electron chi connectivity index (χ1n) is 13.0. The van der Waals surface area contributed by atoms with Crippen LogP contribution in [0.15, 0.2) is 48.5 Å². The van der Waals surface area contributed by atoms with Crippen molar-refractivity contribution in [2.24, 2.45) is 0 Å². The van der Waals surface area contributed by atoms with Crippen LogP contribution < -0.4 is 15.4 Å². The number of nitrogens with zero attached hydrogens (tertiary/aromatic N) is 1. The van der Waals surface area contributed by atoms with Gasteiger partial charge in [-0.25, -0.2) is 4.79 Å². The van der Waals surface area contributed by atoms with E-state index in [0.717, 1.165) is 12.8 Å². The number of methoxy groups -OCH3 is 1. The van der Waals surface area contributed by atoms with Crippen molar-refractivity contribution >= 4 is 17.6 Å². The molecule has 9 nitrogen and oxygen atoms in total. The Morgan fingerprint density at radius 2 is 1.86 bits per heavy atom. The van der Waals surface area contributed by atoms with Gasteiger partial charge in [-0.05, 0) is 48.9 Å². The van der Waals surface area contributed by atoms with Crippen LogP contribution in [0.5, 0.6) is 5.75 Å². The monoisotopic (exact) mass is 509 g/mol. The Bertz CT molecular complexity index is 1090. The number of aliphatic hydroxyl groups excluding tert-OH is 1. The third-order valence-electron chi connectivity index (χ3n) is 7.39. The van der Waals surface area contributed by atoms with Crippen molar-refractivity contribution < 1.29 is 28.9 Å². The fraction of sp³-hybridized carbons (Fsp3) is 0.500. The van der Waals surface area contributed by atoms with Gasteiger partial charge in [0.15, 0.2) is 0 Å². The normalized spacial score (nSPS) is 25.8. The van der Waals surface area contributed by atoms with Gasteiger partial charge in [0.2, 0.25) is 5.91 Å². The minimum atomic E-state index is -0.795. The van der Waals surface area contributed by atoms with Crippen molar-refractivity contribution in [3.63, 3.8) is 0 Å². The van der Waals surface area contributed by atoms with E-state index in [1.54, 1.807) is 36.3 Å². The number of rotatable bonds is 5. The zero-order chi connectivity index (χ0) is 25.8. The fourth-order valence-electron chi connectivity index (χ4n) is 5.62. The Morgan fingerprint density at radius 1 is 1.08 bits per heavy atom. The second-order valence-electron chi connectivity index (χ2n) is 10.1. The highest BCUT2D eigenvalue weighted by Crippen LogP contribution is 2.29. The molecule has 198 valence electrons. The molecule has 4 atom stereocenters. The van der Waals surface area contributed by atoms with Crippen molar-refractivity contribution in [3.05, 3.63) is 59.7 Å². The summed E-state index contributed by atoms with van der Waals surface area (Å²) in [7, 11) is 1.57. The molecule has 2 aromatic rings. The highest BCUT2D eigenvalue weighted by molar-refractivity contribution is 5.90. The molecule has 37 heavy (non-hydrogen) atoms. The number of urea groups is 1. The maximum atomic E-state index is 13.3. The van der Waals surface area contributed by atoms with Crippen molar-refractivity contribution in [1.29, 1.82) is 0 Å². The van der Waals surface area contributed by atoms with Crippen LogP contribution in [-0.2, 0) is 27.1 Å². The van der Waals surface area contributed by atoms with Gasteiger partial charge in [-0.3, -0.25) is 4.79 Å². The van der Waals surface area contributed by atoms with Gasteiger partial charge in [-0.15, -0.1) is 0 Å². The molecule has 2 saturated heterocycles. The maximum Gasteiger partial charge on any atom is 0.322 e. The fourth-order valence-corrected chi connectivity index (χ4v) is 5.62. The number of amides is 3. The highest BCUT2D eigenvalue weighted by atomic mass is 16.5. The van der Waals surface area contributed by atoms with E-state index >= 15 is 0 Å². The highest BCUT2D eigenvalue weighted by Gasteiger charge is 2.40. The van der Waals surface area contributed by atoms with Crippen LogP contribution in [0, 0.1) is 0 Å². The molecule has 3 aliphatic rings. The molecule has 2 aliphatic heterocycles. The minimum Gasteiger partial charge on any atom is -0.497 e. The molecule has 1 aliphatic carbocycles. The summed E-state index contributed by atoms with van der Waals surface area (Å²) in [5, 5.41) is 16.5. The molecule has 0 radical (unpaired) electrons. The van der Waals surface area contributed by atoms with Crippen LogP contribution in [0.1, 0.15) is 30.4 Å². The molecule has 2 heterocycles. The number of aliphatic hydroxyl groups is 1. The van der Waals surface area contributed by atoms with Crippen LogP contribution in [0.2, 0.25) is 0 Å². The number of benzene rings is 2. The Labute approximate surface area is 217 Å². The molecule has 2 fully saturated rings. The molecule has 0 saturated carbocycles. The number of ether oxygens (including phenoxy) is 3. The van der Waals surface area contributed by atoms with Gasteiger partial charge < -0.3 is 34.9 Å². The third kappa shape index (κ3) is 6.23. The van der Waals surface area contributed by atoms with Gasteiger partial charge in [0.05, 0.1) is 51.5 Å². The second-order valence-corrected chi connectivity index (χ2v) is 10.1. The number of fused-ring (bicyclic) bond motifs is 2. The molecule has 3 N–H and O–H groups in total. The number of nitrogens with one attached hydrogen (secondary N) is 2. The van der Waals surface area contributed by atoms with Gasteiger partial charge >= 0.3 is 6.03 Å². The Kier molecular flexibility index (Phi) is 7.93. The molecule has 2 aromatic carbocycles. The van der Waals surface area contributed by atoms with E-state index in [1.807, 2.05) is 12.1 Å². The number of hydrogen-bond donors (Lipinski definition) is 3. The summed E-state index contributed by atoms with van der Waals surface area (Å²) in [5.41, 5.74) is 3.20. The van der Waals surface area contributed by atoms with Crippen LogP contribution in [-0.4, -0.2) is 79.2 Å². The molecular formula is C28H35N3O6. The van der Waals surface area contributed by atoms with Gasteiger partial charge in [0.1, 0.15) is 11.9 Å². The molecule has 9 heteroatoms. The Balaban J connectivity index is 1.19. The molecule has 5 rings (SSSR count).